The number of aromatic nitrogens is 1. The topological polar surface area (TPSA) is 8.17 Å². The van der Waals surface area contributed by atoms with Crippen LogP contribution in [0.4, 0.5) is 17.1 Å². The molecule has 0 bridgehead atoms. The van der Waals surface area contributed by atoms with Gasteiger partial charge in [0.05, 0.1) is 11.0 Å². The Hall–Kier alpha value is -8.76. The lowest BCUT2D eigenvalue weighted by Crippen LogP contribution is -2.09. The Morgan fingerprint density at radius 2 is 0.812 bits per heavy atom. The van der Waals surface area contributed by atoms with Gasteiger partial charge in [0.1, 0.15) is 0 Å². The molecule has 12 aromatic carbocycles. The number of fused-ring (bicyclic) bond motifs is 11. The maximum absolute atomic E-state index is 2.45. The summed E-state index contributed by atoms with van der Waals surface area (Å²) in [5.41, 5.74) is 14.1. The lowest BCUT2D eigenvalue weighted by atomic mass is 9.97. The first kappa shape index (κ1) is 39.4. The van der Waals surface area contributed by atoms with Crippen LogP contribution in [0.5, 0.6) is 0 Å². The van der Waals surface area contributed by atoms with Crippen LogP contribution in [-0.4, -0.2) is 4.57 Å². The Morgan fingerprint density at radius 1 is 0.304 bits per heavy atom. The van der Waals surface area contributed by atoms with Crippen LogP contribution in [0.15, 0.2) is 255 Å². The number of nitrogens with zero attached hydrogens (tertiary/aromatic N) is 2. The van der Waals surface area contributed by atoms with Crippen LogP contribution in [0.1, 0.15) is 0 Å². The molecule has 0 radical (unpaired) electrons. The minimum absolute atomic E-state index is 1.09. The molecule has 322 valence electrons. The van der Waals surface area contributed by atoms with Crippen LogP contribution in [-0.2, 0) is 0 Å². The summed E-state index contributed by atoms with van der Waals surface area (Å²) in [6, 6.07) is 93.7. The van der Waals surface area contributed by atoms with Gasteiger partial charge in [0.15, 0.2) is 0 Å². The van der Waals surface area contributed by atoms with Gasteiger partial charge in [-0.1, -0.05) is 188 Å². The molecule has 2 heterocycles. The molecule has 0 saturated heterocycles. The quantitative estimate of drug-likeness (QED) is 0.145. The fourth-order valence-electron chi connectivity index (χ4n) is 10.8. The normalized spacial score (nSPS) is 11.8. The zero-order valence-electron chi connectivity index (χ0n) is 37.6. The van der Waals surface area contributed by atoms with Gasteiger partial charge in [-0.15, -0.1) is 11.3 Å². The first-order valence-corrected chi connectivity index (χ1v) is 24.5. The second-order valence-corrected chi connectivity index (χ2v) is 19.1. The van der Waals surface area contributed by atoms with Crippen LogP contribution in [0.2, 0.25) is 0 Å². The molecule has 0 aliphatic heterocycles. The van der Waals surface area contributed by atoms with Crippen molar-refractivity contribution in [1.29, 1.82) is 0 Å². The van der Waals surface area contributed by atoms with Gasteiger partial charge in [-0.05, 0) is 127 Å². The number of rotatable bonds is 7. The van der Waals surface area contributed by atoms with Gasteiger partial charge < -0.3 is 9.47 Å². The van der Waals surface area contributed by atoms with E-state index in [1.807, 2.05) is 11.3 Å². The van der Waals surface area contributed by atoms with E-state index in [9.17, 15) is 0 Å². The third-order valence-electron chi connectivity index (χ3n) is 14.2. The Labute approximate surface area is 403 Å². The first-order valence-electron chi connectivity index (χ1n) is 23.6. The lowest BCUT2D eigenvalue weighted by Gasteiger charge is -2.26. The van der Waals surface area contributed by atoms with Crippen LogP contribution in [0, 0.1) is 0 Å². The van der Waals surface area contributed by atoms with Gasteiger partial charge in [-0.25, -0.2) is 0 Å². The highest BCUT2D eigenvalue weighted by Gasteiger charge is 2.18. The maximum Gasteiger partial charge on any atom is 0.0619 e. The van der Waals surface area contributed by atoms with E-state index in [-0.39, 0.29) is 0 Å². The highest BCUT2D eigenvalue weighted by atomic mass is 32.1. The lowest BCUT2D eigenvalue weighted by molar-refractivity contribution is 1.19. The smallest absolute Gasteiger partial charge is 0.0619 e. The largest absolute Gasteiger partial charge is 0.311 e. The maximum atomic E-state index is 2.45. The average molecular weight is 895 g/mol. The molecule has 2 nitrogen and oxygen atoms in total. The summed E-state index contributed by atoms with van der Waals surface area (Å²) in [7, 11) is 0. The summed E-state index contributed by atoms with van der Waals surface area (Å²) in [5.74, 6) is 0. The van der Waals surface area contributed by atoms with Crippen molar-refractivity contribution in [1.82, 2.24) is 4.57 Å². The molecule has 0 atom stereocenters. The van der Waals surface area contributed by atoms with Crippen molar-refractivity contribution >= 4 is 103 Å². The van der Waals surface area contributed by atoms with Crippen LogP contribution in [0.25, 0.3) is 113 Å². The molecule has 14 rings (SSSR count). The zero-order valence-corrected chi connectivity index (χ0v) is 38.4. The molecule has 69 heavy (non-hydrogen) atoms. The van der Waals surface area contributed by atoms with Gasteiger partial charge in [0.25, 0.3) is 0 Å². The molecule has 0 spiro atoms. The fraction of sp³-hybridized carbons (Fsp3) is 0. The second-order valence-electron chi connectivity index (χ2n) is 18.1. The van der Waals surface area contributed by atoms with Crippen LogP contribution >= 0.6 is 11.3 Å². The van der Waals surface area contributed by atoms with Crippen molar-refractivity contribution in [2.45, 2.75) is 0 Å². The van der Waals surface area contributed by atoms with E-state index in [4.69, 9.17) is 0 Å². The standard InChI is InChI=1S/C66H42N2S/c1-2-13-51(14-3-1)68-63-42-49(31-39-59(63)61-40-29-46-12-5-7-16-57(46)65(61)68)44-25-34-53(35-26-44)67(54-36-27-47(28-37-54)58-18-10-19-62-60-17-8-9-20-64(60)69-66(58)62)52-32-23-43(24-33-52)48-30-38-56-50(41-48)22-21-45-11-4-6-15-55(45)56/h1-42H. The molecule has 0 saturated carbocycles. The number of anilines is 3. The SMILES string of the molecule is c1ccc(-n2c3cc(-c4ccc(N(c5ccc(-c6ccc7c(ccc8ccccc87)c6)cc5)c5ccc(-c6cccc7c6sc6ccccc67)cc5)cc4)ccc3c3ccc4ccccc4c32)cc1. The van der Waals surface area contributed by atoms with Crippen molar-refractivity contribution in [3.63, 3.8) is 0 Å². The monoisotopic (exact) mass is 894 g/mol. The van der Waals surface area contributed by atoms with Crippen molar-refractivity contribution in [3.8, 4) is 39.1 Å². The van der Waals surface area contributed by atoms with Crippen molar-refractivity contribution in [3.05, 3.63) is 255 Å². The van der Waals surface area contributed by atoms with Gasteiger partial charge >= 0.3 is 0 Å². The molecule has 0 amide bonds. The highest BCUT2D eigenvalue weighted by molar-refractivity contribution is 7.26. The van der Waals surface area contributed by atoms with Crippen molar-refractivity contribution < 1.29 is 0 Å². The summed E-state index contributed by atoms with van der Waals surface area (Å²) in [6.07, 6.45) is 0. The Morgan fingerprint density at radius 3 is 1.54 bits per heavy atom. The third-order valence-corrected chi connectivity index (χ3v) is 15.4. The molecule has 0 unspecified atom stereocenters. The first-order chi connectivity index (χ1) is 34.2. The fourth-order valence-corrected chi connectivity index (χ4v) is 12.1. The molecule has 3 heteroatoms. The highest BCUT2D eigenvalue weighted by Crippen LogP contribution is 2.43. The zero-order chi connectivity index (χ0) is 45.4. The number of hydrogen-bond donors (Lipinski definition) is 0. The van der Waals surface area contributed by atoms with Gasteiger partial charge in [-0.3, -0.25) is 0 Å². The molecular weight excluding hydrogens is 853 g/mol. The van der Waals surface area contributed by atoms with Gasteiger partial charge in [-0.2, -0.15) is 0 Å². The number of benzene rings is 12. The summed E-state index contributed by atoms with van der Waals surface area (Å²) in [5, 5.41) is 12.7. The summed E-state index contributed by atoms with van der Waals surface area (Å²) < 4.78 is 5.09. The minimum Gasteiger partial charge on any atom is -0.311 e. The van der Waals surface area contributed by atoms with E-state index >= 15 is 0 Å². The second kappa shape index (κ2) is 16.0. The molecule has 14 aromatic rings. The molecular formula is C66H42N2S. The molecule has 0 N–H and O–H groups in total. The van der Waals surface area contributed by atoms with Crippen LogP contribution < -0.4 is 4.90 Å². The summed E-state index contributed by atoms with van der Waals surface area (Å²) >= 11 is 1.88. The molecule has 0 aliphatic rings. The predicted octanol–water partition coefficient (Wildman–Crippen LogP) is 19.1. The van der Waals surface area contributed by atoms with Crippen molar-refractivity contribution in [2.24, 2.45) is 0 Å². The van der Waals surface area contributed by atoms with E-state index in [0.717, 1.165) is 22.7 Å². The van der Waals surface area contributed by atoms with Gasteiger partial charge in [0, 0.05) is 59.1 Å². The van der Waals surface area contributed by atoms with E-state index in [1.54, 1.807) is 0 Å². The number of para-hydroxylation sites is 1. The van der Waals surface area contributed by atoms with Crippen LogP contribution in [0.3, 0.4) is 0 Å². The molecule has 0 aliphatic carbocycles. The van der Waals surface area contributed by atoms with E-state index in [2.05, 4.69) is 264 Å². The number of hydrogen-bond acceptors (Lipinski definition) is 2. The third kappa shape index (κ3) is 6.54. The van der Waals surface area contributed by atoms with E-state index < -0.39 is 0 Å². The summed E-state index contributed by atoms with van der Waals surface area (Å²) in [4.78, 5) is 2.38. The Balaban J connectivity index is 0.864. The Kier molecular flexibility index (Phi) is 9.11. The van der Waals surface area contributed by atoms with E-state index in [0.29, 0.717) is 0 Å². The van der Waals surface area contributed by atoms with Gasteiger partial charge in [0.2, 0.25) is 0 Å². The number of thiophene rings is 1. The average Bonchev–Trinajstić information content (AvgIpc) is 3.98. The summed E-state index contributed by atoms with van der Waals surface area (Å²) in [6.45, 7) is 0. The van der Waals surface area contributed by atoms with Crippen molar-refractivity contribution in [2.75, 3.05) is 4.90 Å². The molecule has 2 aromatic heterocycles. The molecule has 0 fully saturated rings. The minimum atomic E-state index is 1.09. The predicted molar refractivity (Wildman–Crippen MR) is 297 cm³/mol. The Bertz CT molecular complexity index is 4280. The van der Waals surface area contributed by atoms with E-state index in [1.165, 1.54) is 108 Å².